The minimum Gasteiger partial charge on any atom is -0.488 e. The summed E-state index contributed by atoms with van der Waals surface area (Å²) >= 11 is 0. The van der Waals surface area contributed by atoms with Crippen LogP contribution in [0.4, 0.5) is 0 Å². The van der Waals surface area contributed by atoms with E-state index < -0.39 is 0 Å². The van der Waals surface area contributed by atoms with E-state index in [1.54, 1.807) is 7.05 Å². The summed E-state index contributed by atoms with van der Waals surface area (Å²) in [5.41, 5.74) is 4.70. The number of nitrogens with zero attached hydrogens (tertiary/aromatic N) is 1. The van der Waals surface area contributed by atoms with Crippen molar-refractivity contribution >= 4 is 5.96 Å². The van der Waals surface area contributed by atoms with Gasteiger partial charge in [-0.3, -0.25) is 4.99 Å². The zero-order valence-corrected chi connectivity index (χ0v) is 18.9. The van der Waals surface area contributed by atoms with Crippen molar-refractivity contribution < 1.29 is 14.2 Å². The van der Waals surface area contributed by atoms with E-state index in [2.05, 4.69) is 71.9 Å². The highest BCUT2D eigenvalue weighted by Crippen LogP contribution is 2.23. The molecule has 0 aromatic heterocycles. The molecule has 6 nitrogen and oxygen atoms in total. The van der Waals surface area contributed by atoms with Crippen LogP contribution in [0.5, 0.6) is 5.75 Å². The first-order chi connectivity index (χ1) is 15.2. The molecule has 2 aromatic rings. The first-order valence-corrected chi connectivity index (χ1v) is 11.1. The molecule has 0 bridgehead atoms. The maximum atomic E-state index is 6.21. The largest absolute Gasteiger partial charge is 0.488 e. The Bertz CT molecular complexity index is 848. The molecule has 1 heterocycles. The quantitative estimate of drug-likeness (QED) is 0.343. The van der Waals surface area contributed by atoms with Gasteiger partial charge in [0.1, 0.15) is 11.9 Å². The Morgan fingerprint density at radius 2 is 1.87 bits per heavy atom. The fourth-order valence-corrected chi connectivity index (χ4v) is 3.48. The Labute approximate surface area is 186 Å². The normalized spacial score (nSPS) is 16.4. The highest BCUT2D eigenvalue weighted by Gasteiger charge is 2.18. The molecule has 31 heavy (non-hydrogen) atoms. The third-order valence-corrected chi connectivity index (χ3v) is 5.24. The molecule has 0 aliphatic carbocycles. The van der Waals surface area contributed by atoms with Gasteiger partial charge in [-0.25, -0.2) is 0 Å². The Balaban J connectivity index is 1.57. The zero-order chi connectivity index (χ0) is 21.9. The van der Waals surface area contributed by atoms with Crippen molar-refractivity contribution in [3.8, 4) is 5.75 Å². The molecular formula is C25H35N3O3. The molecule has 1 saturated heterocycles. The molecule has 168 valence electrons. The number of aliphatic imine (C=N–C) groups is 1. The van der Waals surface area contributed by atoms with Crippen LogP contribution in [-0.4, -0.2) is 38.9 Å². The second-order valence-electron chi connectivity index (χ2n) is 7.82. The van der Waals surface area contributed by atoms with Gasteiger partial charge in [0, 0.05) is 38.7 Å². The monoisotopic (exact) mass is 425 g/mol. The summed E-state index contributed by atoms with van der Waals surface area (Å²) in [6.07, 6.45) is 2.09. The van der Waals surface area contributed by atoms with Crippen LogP contribution in [0.2, 0.25) is 0 Å². The van der Waals surface area contributed by atoms with Gasteiger partial charge in [-0.2, -0.15) is 0 Å². The van der Waals surface area contributed by atoms with Crippen molar-refractivity contribution in [1.29, 1.82) is 0 Å². The van der Waals surface area contributed by atoms with Gasteiger partial charge in [0.25, 0.3) is 0 Å². The van der Waals surface area contributed by atoms with Crippen LogP contribution in [0, 0.1) is 6.92 Å². The Kier molecular flexibility index (Phi) is 9.18. The molecule has 0 saturated carbocycles. The molecule has 1 aliphatic rings. The average molecular weight is 426 g/mol. The van der Waals surface area contributed by atoms with Gasteiger partial charge in [-0.1, -0.05) is 43.3 Å². The molecule has 6 heteroatoms. The molecule has 0 radical (unpaired) electrons. The van der Waals surface area contributed by atoms with E-state index in [1.165, 1.54) is 16.7 Å². The minimum absolute atomic E-state index is 0.129. The fraction of sp³-hybridized carbons (Fsp3) is 0.480. The summed E-state index contributed by atoms with van der Waals surface area (Å²) in [4.78, 5) is 4.38. The van der Waals surface area contributed by atoms with Gasteiger partial charge < -0.3 is 24.8 Å². The van der Waals surface area contributed by atoms with Crippen molar-refractivity contribution in [3.05, 3.63) is 64.7 Å². The van der Waals surface area contributed by atoms with Crippen LogP contribution < -0.4 is 15.4 Å². The van der Waals surface area contributed by atoms with Gasteiger partial charge in [-0.05, 0) is 36.1 Å². The molecule has 0 spiro atoms. The predicted octanol–water partition coefficient (Wildman–Crippen LogP) is 3.95. The van der Waals surface area contributed by atoms with Crippen LogP contribution in [0.3, 0.4) is 0 Å². The SMILES string of the molecule is CCCOCc1ccccc1CNC(=NC)NCc1ccc(C)cc1OC1CCOC1. The van der Waals surface area contributed by atoms with Gasteiger partial charge in [0.05, 0.1) is 19.8 Å². The van der Waals surface area contributed by atoms with Crippen molar-refractivity contribution in [1.82, 2.24) is 10.6 Å². The lowest BCUT2D eigenvalue weighted by Crippen LogP contribution is -2.36. The van der Waals surface area contributed by atoms with Crippen molar-refractivity contribution in [2.24, 2.45) is 4.99 Å². The maximum Gasteiger partial charge on any atom is 0.191 e. The van der Waals surface area contributed by atoms with Crippen LogP contribution in [0.15, 0.2) is 47.5 Å². The molecule has 1 unspecified atom stereocenters. The molecule has 1 fully saturated rings. The summed E-state index contributed by atoms with van der Waals surface area (Å²) in [5.74, 6) is 1.66. The molecule has 2 aromatic carbocycles. The third-order valence-electron chi connectivity index (χ3n) is 5.24. The molecule has 2 N–H and O–H groups in total. The number of benzene rings is 2. The molecule has 1 atom stereocenters. The van der Waals surface area contributed by atoms with Gasteiger partial charge >= 0.3 is 0 Å². The summed E-state index contributed by atoms with van der Waals surface area (Å²) in [5, 5.41) is 6.82. The summed E-state index contributed by atoms with van der Waals surface area (Å²) in [6.45, 7) is 8.35. The van der Waals surface area contributed by atoms with Crippen LogP contribution in [0.25, 0.3) is 0 Å². The van der Waals surface area contributed by atoms with E-state index in [9.17, 15) is 0 Å². The summed E-state index contributed by atoms with van der Waals surface area (Å²) in [7, 11) is 1.79. The van der Waals surface area contributed by atoms with Crippen molar-refractivity contribution in [3.63, 3.8) is 0 Å². The number of hydrogen-bond acceptors (Lipinski definition) is 4. The van der Waals surface area contributed by atoms with Crippen LogP contribution in [-0.2, 0) is 29.2 Å². The zero-order valence-electron chi connectivity index (χ0n) is 18.9. The molecule has 3 rings (SSSR count). The number of ether oxygens (including phenoxy) is 3. The third kappa shape index (κ3) is 7.26. The van der Waals surface area contributed by atoms with E-state index in [0.717, 1.165) is 43.3 Å². The lowest BCUT2D eigenvalue weighted by Gasteiger charge is -2.18. The second-order valence-corrected chi connectivity index (χ2v) is 7.82. The topological polar surface area (TPSA) is 64.1 Å². The minimum atomic E-state index is 0.129. The van der Waals surface area contributed by atoms with E-state index in [1.807, 2.05) is 0 Å². The molecular weight excluding hydrogens is 390 g/mol. The Morgan fingerprint density at radius 3 is 2.58 bits per heavy atom. The number of nitrogens with one attached hydrogen (secondary N) is 2. The fourth-order valence-electron chi connectivity index (χ4n) is 3.48. The molecule has 0 amide bonds. The van der Waals surface area contributed by atoms with Crippen molar-refractivity contribution in [2.45, 2.75) is 52.5 Å². The summed E-state index contributed by atoms with van der Waals surface area (Å²) in [6, 6.07) is 14.7. The maximum absolute atomic E-state index is 6.21. The van der Waals surface area contributed by atoms with Gasteiger partial charge in [0.15, 0.2) is 5.96 Å². The van der Waals surface area contributed by atoms with E-state index in [0.29, 0.717) is 26.3 Å². The smallest absolute Gasteiger partial charge is 0.191 e. The Hall–Kier alpha value is -2.57. The number of guanidine groups is 1. The van der Waals surface area contributed by atoms with Gasteiger partial charge in [0.2, 0.25) is 0 Å². The van der Waals surface area contributed by atoms with E-state index >= 15 is 0 Å². The predicted molar refractivity (Wildman–Crippen MR) is 124 cm³/mol. The molecule has 1 aliphatic heterocycles. The lowest BCUT2D eigenvalue weighted by atomic mass is 10.1. The highest BCUT2D eigenvalue weighted by molar-refractivity contribution is 5.79. The standard InChI is InChI=1S/C25H35N3O3/c1-4-12-29-17-22-8-6-5-7-20(22)15-27-25(26-3)28-16-21-10-9-19(2)14-24(21)31-23-11-13-30-18-23/h5-10,14,23H,4,11-13,15-18H2,1-3H3,(H2,26,27,28). The van der Waals surface area contributed by atoms with E-state index in [4.69, 9.17) is 14.2 Å². The second kappa shape index (κ2) is 12.3. The number of aryl methyl sites for hydroxylation is 1. The Morgan fingerprint density at radius 1 is 1.10 bits per heavy atom. The average Bonchev–Trinajstić information content (AvgIpc) is 3.29. The van der Waals surface area contributed by atoms with Crippen LogP contribution in [0.1, 0.15) is 42.0 Å². The van der Waals surface area contributed by atoms with E-state index in [-0.39, 0.29) is 6.10 Å². The first-order valence-electron chi connectivity index (χ1n) is 11.1. The number of hydrogen-bond donors (Lipinski definition) is 2. The van der Waals surface area contributed by atoms with Gasteiger partial charge in [-0.15, -0.1) is 0 Å². The van der Waals surface area contributed by atoms with Crippen molar-refractivity contribution in [2.75, 3.05) is 26.9 Å². The first kappa shape index (κ1) is 23.1. The highest BCUT2D eigenvalue weighted by atomic mass is 16.5. The summed E-state index contributed by atoms with van der Waals surface area (Å²) < 4.78 is 17.4. The number of rotatable bonds is 10. The lowest BCUT2D eigenvalue weighted by molar-refractivity contribution is 0.121. The van der Waals surface area contributed by atoms with Crippen LogP contribution >= 0.6 is 0 Å².